The lowest BCUT2D eigenvalue weighted by atomic mass is 10.1. The Labute approximate surface area is 197 Å². The maximum absolute atomic E-state index is 13.3. The van der Waals surface area contributed by atoms with E-state index in [9.17, 15) is 9.59 Å². The van der Waals surface area contributed by atoms with Crippen molar-refractivity contribution in [2.24, 2.45) is 4.99 Å². The minimum absolute atomic E-state index is 0.338. The number of hydrogen-bond acceptors (Lipinski definition) is 5. The average molecular weight is 465 g/mol. The highest BCUT2D eigenvalue weighted by Gasteiger charge is 2.26. The zero-order chi connectivity index (χ0) is 24.0. The number of carbonyl (C=O) groups is 2. The van der Waals surface area contributed by atoms with Gasteiger partial charge in [-0.05, 0) is 56.2 Å². The summed E-state index contributed by atoms with van der Waals surface area (Å²) < 4.78 is 6.67. The van der Waals surface area contributed by atoms with Crippen molar-refractivity contribution in [1.29, 1.82) is 0 Å². The van der Waals surface area contributed by atoms with Crippen molar-refractivity contribution >= 4 is 40.7 Å². The first-order valence-electron chi connectivity index (χ1n) is 10.3. The van der Waals surface area contributed by atoms with Gasteiger partial charge in [0.2, 0.25) is 0 Å². The van der Waals surface area contributed by atoms with Gasteiger partial charge in [-0.1, -0.05) is 29.8 Å². The van der Waals surface area contributed by atoms with Crippen LogP contribution >= 0.6 is 11.6 Å². The van der Waals surface area contributed by atoms with E-state index < -0.39 is 11.7 Å². The molecule has 1 amide bonds. The van der Waals surface area contributed by atoms with Gasteiger partial charge >= 0.3 is 0 Å². The largest absolute Gasteiger partial charge is 0.486 e. The molecular formula is C25H25ClN4O3. The summed E-state index contributed by atoms with van der Waals surface area (Å²) in [5.41, 5.74) is 3.99. The molecular weight excluding hydrogens is 440 g/mol. The molecule has 170 valence electrons. The number of fused-ring (bicyclic) bond motifs is 1. The lowest BCUT2D eigenvalue weighted by Crippen LogP contribution is -2.30. The molecule has 0 saturated carbocycles. The summed E-state index contributed by atoms with van der Waals surface area (Å²) in [4.78, 5) is 34.5. The fourth-order valence-electron chi connectivity index (χ4n) is 3.43. The topological polar surface area (TPSA) is 85.6 Å². The van der Waals surface area contributed by atoms with E-state index in [-0.39, 0.29) is 0 Å². The maximum atomic E-state index is 13.3. The summed E-state index contributed by atoms with van der Waals surface area (Å²) >= 11 is 6.01. The Bertz CT molecular complexity index is 1270. The molecule has 0 atom stereocenters. The molecule has 0 radical (unpaired) electrons. The smallest absolute Gasteiger partial charge is 0.296 e. The molecule has 1 N–H and O–H groups in total. The average Bonchev–Trinajstić information content (AvgIpc) is 3.06. The molecule has 0 fully saturated rings. The van der Waals surface area contributed by atoms with Crippen molar-refractivity contribution in [3.63, 3.8) is 0 Å². The quantitative estimate of drug-likeness (QED) is 0.171. The lowest BCUT2D eigenvalue weighted by Gasteiger charge is -2.09. The van der Waals surface area contributed by atoms with E-state index in [1.54, 1.807) is 25.3 Å². The van der Waals surface area contributed by atoms with Crippen LogP contribution in [0.2, 0.25) is 5.02 Å². The van der Waals surface area contributed by atoms with Crippen LogP contribution in [-0.2, 0) is 16.1 Å². The zero-order valence-corrected chi connectivity index (χ0v) is 19.7. The third-order valence-electron chi connectivity index (χ3n) is 5.06. The highest BCUT2D eigenvalue weighted by Crippen LogP contribution is 2.27. The molecule has 33 heavy (non-hydrogen) atoms. The number of carbonyl (C=O) groups excluding carboxylic acids is 2. The second-order valence-corrected chi connectivity index (χ2v) is 7.83. The number of pyridine rings is 1. The third kappa shape index (κ3) is 5.56. The molecule has 0 aliphatic rings. The van der Waals surface area contributed by atoms with Crippen molar-refractivity contribution < 1.29 is 14.3 Å². The van der Waals surface area contributed by atoms with Crippen LogP contribution in [0.1, 0.15) is 34.1 Å². The van der Waals surface area contributed by atoms with Crippen molar-refractivity contribution in [2.75, 3.05) is 7.11 Å². The van der Waals surface area contributed by atoms with Gasteiger partial charge in [-0.15, -0.1) is 0 Å². The van der Waals surface area contributed by atoms with Crippen LogP contribution < -0.4 is 5.32 Å². The number of nitrogens with zero attached hydrogens (tertiary/aromatic N) is 3. The second-order valence-electron chi connectivity index (χ2n) is 7.39. The number of allylic oxidation sites excluding steroid dienone is 2. The van der Waals surface area contributed by atoms with Crippen LogP contribution in [0.5, 0.6) is 0 Å². The second kappa shape index (κ2) is 10.7. The molecule has 2 aromatic heterocycles. The SMILES string of the molecule is C\C=C(/C=C\N=C\OC)NC(=O)C(=O)c1c(C)n(Cc2ccc(Cl)cc2)c2ncc(C)cc12. The van der Waals surface area contributed by atoms with Crippen molar-refractivity contribution in [3.05, 3.63) is 88.0 Å². The van der Waals surface area contributed by atoms with Gasteiger partial charge in [-0.3, -0.25) is 9.59 Å². The molecule has 0 bridgehead atoms. The molecule has 0 aliphatic heterocycles. The molecule has 8 heteroatoms. The van der Waals surface area contributed by atoms with Gasteiger partial charge in [0, 0.05) is 40.7 Å². The van der Waals surface area contributed by atoms with E-state index in [2.05, 4.69) is 15.3 Å². The summed E-state index contributed by atoms with van der Waals surface area (Å²) in [5.74, 6) is -1.37. The minimum Gasteiger partial charge on any atom is -0.486 e. The van der Waals surface area contributed by atoms with E-state index >= 15 is 0 Å². The molecule has 3 aromatic rings. The Hall–Kier alpha value is -3.71. The van der Waals surface area contributed by atoms with Crippen LogP contribution in [-0.4, -0.2) is 34.8 Å². The van der Waals surface area contributed by atoms with Crippen molar-refractivity contribution in [3.8, 4) is 0 Å². The van der Waals surface area contributed by atoms with Crippen LogP contribution in [0.15, 0.2) is 65.6 Å². The number of ether oxygens (including phenoxy) is 1. The fraction of sp³-hybridized carbons (Fsp3) is 0.200. The number of aryl methyl sites for hydroxylation is 1. The Morgan fingerprint density at radius 3 is 2.64 bits per heavy atom. The monoisotopic (exact) mass is 464 g/mol. The lowest BCUT2D eigenvalue weighted by molar-refractivity contribution is -0.116. The number of nitrogens with one attached hydrogen (secondary N) is 1. The highest BCUT2D eigenvalue weighted by molar-refractivity contribution is 6.45. The number of benzene rings is 1. The Morgan fingerprint density at radius 2 is 1.97 bits per heavy atom. The highest BCUT2D eigenvalue weighted by atomic mass is 35.5. The maximum Gasteiger partial charge on any atom is 0.296 e. The number of rotatable bonds is 8. The van der Waals surface area contributed by atoms with Crippen LogP contribution in [0.3, 0.4) is 0 Å². The number of amides is 1. The van der Waals surface area contributed by atoms with Crippen LogP contribution in [0.25, 0.3) is 11.0 Å². The number of halogens is 1. The van der Waals surface area contributed by atoms with Gasteiger partial charge in [0.1, 0.15) is 5.65 Å². The van der Waals surface area contributed by atoms with Crippen molar-refractivity contribution in [1.82, 2.24) is 14.9 Å². The number of methoxy groups -OCH3 is 1. The Balaban J connectivity index is 1.97. The molecule has 0 spiro atoms. The zero-order valence-electron chi connectivity index (χ0n) is 18.9. The summed E-state index contributed by atoms with van der Waals surface area (Å²) in [6.07, 6.45) is 7.71. The fourth-order valence-corrected chi connectivity index (χ4v) is 3.56. The Morgan fingerprint density at radius 1 is 1.24 bits per heavy atom. The van der Waals surface area contributed by atoms with Gasteiger partial charge in [-0.2, -0.15) is 0 Å². The summed E-state index contributed by atoms with van der Waals surface area (Å²) in [5, 5.41) is 3.93. The molecule has 1 aromatic carbocycles. The number of hydrogen-bond donors (Lipinski definition) is 1. The standard InChI is InChI=1S/C25H25ClN4O3/c1-5-20(10-11-27-15-33-4)29-25(32)23(31)22-17(3)30(14-18-6-8-19(26)9-7-18)24-21(22)12-16(2)13-28-24/h5-13,15H,14H2,1-4H3,(H,29,32)/b11-10-,20-5+,27-15+. The predicted octanol–water partition coefficient (Wildman–Crippen LogP) is 4.75. The Kier molecular flexibility index (Phi) is 7.79. The van der Waals surface area contributed by atoms with E-state index in [1.807, 2.05) is 48.7 Å². The van der Waals surface area contributed by atoms with Gasteiger partial charge in [0.05, 0.1) is 12.7 Å². The van der Waals surface area contributed by atoms with Gasteiger partial charge in [0.15, 0.2) is 6.40 Å². The first-order chi connectivity index (χ1) is 15.8. The number of Topliss-reactive ketones (excluding diaryl/α,β-unsaturated/α-hetero) is 1. The van der Waals surface area contributed by atoms with Crippen molar-refractivity contribution in [2.45, 2.75) is 27.3 Å². The van der Waals surface area contributed by atoms with Gasteiger partial charge < -0.3 is 14.6 Å². The minimum atomic E-state index is -0.737. The van der Waals surface area contributed by atoms with E-state index in [1.165, 1.54) is 19.7 Å². The van der Waals surface area contributed by atoms with E-state index in [0.717, 1.165) is 11.1 Å². The van der Waals surface area contributed by atoms with E-state index in [0.29, 0.717) is 39.6 Å². The predicted molar refractivity (Wildman–Crippen MR) is 131 cm³/mol. The molecule has 0 unspecified atom stereocenters. The molecule has 7 nitrogen and oxygen atoms in total. The first-order valence-corrected chi connectivity index (χ1v) is 10.7. The van der Waals surface area contributed by atoms with Gasteiger partial charge in [-0.25, -0.2) is 9.98 Å². The first kappa shape index (κ1) is 23.9. The summed E-state index contributed by atoms with van der Waals surface area (Å²) in [6.45, 7) is 5.96. The third-order valence-corrected chi connectivity index (χ3v) is 5.31. The number of ketones is 1. The summed E-state index contributed by atoms with van der Waals surface area (Å²) in [6, 6.07) is 9.36. The summed E-state index contributed by atoms with van der Waals surface area (Å²) in [7, 11) is 1.48. The van der Waals surface area contributed by atoms with E-state index in [4.69, 9.17) is 16.3 Å². The number of aliphatic imine (C=N–C) groups is 1. The molecule has 0 saturated heterocycles. The number of aromatic nitrogens is 2. The normalized spacial score (nSPS) is 12.1. The van der Waals surface area contributed by atoms with Crippen LogP contribution in [0.4, 0.5) is 0 Å². The molecule has 3 rings (SSSR count). The molecule has 0 aliphatic carbocycles. The van der Waals surface area contributed by atoms with Gasteiger partial charge in [0.25, 0.3) is 11.7 Å². The molecule has 2 heterocycles. The van der Waals surface area contributed by atoms with Crippen LogP contribution in [0, 0.1) is 13.8 Å².